The van der Waals surface area contributed by atoms with Gasteiger partial charge in [-0.05, 0) is 24.4 Å². The number of hydrogen-bond acceptors (Lipinski definition) is 3. The van der Waals surface area contributed by atoms with Gasteiger partial charge in [0, 0.05) is 5.38 Å². The van der Waals surface area contributed by atoms with E-state index in [1.54, 1.807) is 0 Å². The molecule has 0 spiro atoms. The molecule has 8 heavy (non-hydrogen) atoms. The standard InChI is InChI=1S/C5H7N2S/c1-2-3-5-4-8-7-6-5/h4H,1-3H2. The van der Waals surface area contributed by atoms with E-state index in [-0.39, 0.29) is 0 Å². The average Bonchev–Trinajstić information content (AvgIpc) is 2.19. The van der Waals surface area contributed by atoms with E-state index in [1.807, 2.05) is 5.38 Å². The maximum Gasteiger partial charge on any atom is 0.0755 e. The molecule has 0 unspecified atom stereocenters. The SMILES string of the molecule is [CH2]CCc1csnn1. The molecule has 1 radical (unpaired) electrons. The van der Waals surface area contributed by atoms with Crippen LogP contribution in [0.4, 0.5) is 0 Å². The Morgan fingerprint density at radius 1 is 1.75 bits per heavy atom. The number of rotatable bonds is 2. The van der Waals surface area contributed by atoms with Gasteiger partial charge in [0.05, 0.1) is 5.69 Å². The summed E-state index contributed by atoms with van der Waals surface area (Å²) in [4.78, 5) is 0. The molecule has 2 nitrogen and oxygen atoms in total. The van der Waals surface area contributed by atoms with Gasteiger partial charge in [0.2, 0.25) is 0 Å². The summed E-state index contributed by atoms with van der Waals surface area (Å²) in [6, 6.07) is 0. The Hall–Kier alpha value is -0.440. The van der Waals surface area contributed by atoms with Gasteiger partial charge in [-0.25, -0.2) is 0 Å². The van der Waals surface area contributed by atoms with Gasteiger partial charge in [0.15, 0.2) is 0 Å². The van der Waals surface area contributed by atoms with Crippen LogP contribution in [0.3, 0.4) is 0 Å². The van der Waals surface area contributed by atoms with Crippen molar-refractivity contribution in [1.29, 1.82) is 0 Å². The van der Waals surface area contributed by atoms with E-state index >= 15 is 0 Å². The molecule has 0 aliphatic rings. The molecule has 1 aromatic rings. The molecule has 0 saturated carbocycles. The molecule has 1 aromatic heterocycles. The zero-order chi connectivity index (χ0) is 5.82. The molecule has 0 aliphatic carbocycles. The second-order valence-corrected chi connectivity index (χ2v) is 2.11. The molecule has 0 N–H and O–H groups in total. The first-order chi connectivity index (χ1) is 3.93. The lowest BCUT2D eigenvalue weighted by Crippen LogP contribution is -1.80. The fraction of sp³-hybridized carbons (Fsp3) is 0.400. The molecular weight excluding hydrogens is 120 g/mol. The number of hydrogen-bond donors (Lipinski definition) is 0. The summed E-state index contributed by atoms with van der Waals surface area (Å²) in [5.41, 5.74) is 1.06. The fourth-order valence-corrected chi connectivity index (χ4v) is 0.960. The van der Waals surface area contributed by atoms with Gasteiger partial charge in [0.25, 0.3) is 0 Å². The van der Waals surface area contributed by atoms with Crippen molar-refractivity contribution in [1.82, 2.24) is 9.59 Å². The van der Waals surface area contributed by atoms with Crippen molar-refractivity contribution >= 4 is 11.5 Å². The third-order valence-electron chi connectivity index (χ3n) is 0.838. The van der Waals surface area contributed by atoms with Crippen LogP contribution in [0.5, 0.6) is 0 Å². The van der Waals surface area contributed by atoms with E-state index in [2.05, 4.69) is 16.5 Å². The highest BCUT2D eigenvalue weighted by Crippen LogP contribution is 1.98. The van der Waals surface area contributed by atoms with E-state index in [9.17, 15) is 0 Å². The topological polar surface area (TPSA) is 25.8 Å². The zero-order valence-corrected chi connectivity index (χ0v) is 5.32. The van der Waals surface area contributed by atoms with Crippen LogP contribution in [0.25, 0.3) is 0 Å². The van der Waals surface area contributed by atoms with Gasteiger partial charge in [0.1, 0.15) is 0 Å². The third-order valence-corrected chi connectivity index (χ3v) is 1.39. The number of aromatic nitrogens is 2. The molecule has 0 fully saturated rings. The van der Waals surface area contributed by atoms with Crippen molar-refractivity contribution < 1.29 is 0 Å². The van der Waals surface area contributed by atoms with Crippen molar-refractivity contribution in [3.05, 3.63) is 18.0 Å². The van der Waals surface area contributed by atoms with E-state index in [1.165, 1.54) is 11.5 Å². The molecule has 0 atom stereocenters. The second kappa shape index (κ2) is 2.77. The molecule has 3 heteroatoms. The van der Waals surface area contributed by atoms with Crippen LogP contribution in [0.15, 0.2) is 5.38 Å². The van der Waals surface area contributed by atoms with Crippen LogP contribution in [0, 0.1) is 6.92 Å². The van der Waals surface area contributed by atoms with Crippen molar-refractivity contribution in [3.63, 3.8) is 0 Å². The van der Waals surface area contributed by atoms with E-state index in [0.717, 1.165) is 18.5 Å². The van der Waals surface area contributed by atoms with Gasteiger partial charge >= 0.3 is 0 Å². The van der Waals surface area contributed by atoms with E-state index < -0.39 is 0 Å². The number of aryl methyl sites for hydroxylation is 1. The smallest absolute Gasteiger partial charge is 0.0755 e. The second-order valence-electron chi connectivity index (χ2n) is 1.50. The summed E-state index contributed by atoms with van der Waals surface area (Å²) in [5.74, 6) is 0. The Labute approximate surface area is 52.7 Å². The highest BCUT2D eigenvalue weighted by Gasteiger charge is 1.90. The van der Waals surface area contributed by atoms with Crippen LogP contribution in [0.2, 0.25) is 0 Å². The molecule has 0 saturated heterocycles. The monoisotopic (exact) mass is 127 g/mol. The third kappa shape index (κ3) is 1.26. The lowest BCUT2D eigenvalue weighted by atomic mass is 10.3. The predicted molar refractivity (Wildman–Crippen MR) is 33.6 cm³/mol. The first-order valence-electron chi connectivity index (χ1n) is 2.48. The lowest BCUT2D eigenvalue weighted by molar-refractivity contribution is 0.920. The van der Waals surface area contributed by atoms with Gasteiger partial charge in [-0.3, -0.25) is 0 Å². The van der Waals surface area contributed by atoms with Gasteiger partial charge < -0.3 is 0 Å². The molecule has 0 amide bonds. The minimum atomic E-state index is 0.908. The summed E-state index contributed by atoms with van der Waals surface area (Å²) in [5, 5.41) is 5.78. The zero-order valence-electron chi connectivity index (χ0n) is 4.50. The van der Waals surface area contributed by atoms with Gasteiger partial charge in [-0.2, -0.15) is 0 Å². The van der Waals surface area contributed by atoms with E-state index in [0.29, 0.717) is 0 Å². The fourth-order valence-electron chi connectivity index (χ4n) is 0.474. The normalized spacial score (nSPS) is 9.62. The summed E-state index contributed by atoms with van der Waals surface area (Å²) in [7, 11) is 0. The van der Waals surface area contributed by atoms with Crippen LogP contribution in [0.1, 0.15) is 12.1 Å². The lowest BCUT2D eigenvalue weighted by Gasteiger charge is -1.82. The summed E-state index contributed by atoms with van der Waals surface area (Å²) in [6.45, 7) is 3.70. The summed E-state index contributed by atoms with van der Waals surface area (Å²) < 4.78 is 3.70. The largest absolute Gasteiger partial charge is 0.143 e. The van der Waals surface area contributed by atoms with E-state index in [4.69, 9.17) is 0 Å². The molecule has 43 valence electrons. The molecule has 1 heterocycles. The molecule has 1 rings (SSSR count). The first-order valence-corrected chi connectivity index (χ1v) is 3.32. The molecule has 0 aliphatic heterocycles. The van der Waals surface area contributed by atoms with Crippen molar-refractivity contribution in [2.45, 2.75) is 12.8 Å². The quantitative estimate of drug-likeness (QED) is 0.598. The van der Waals surface area contributed by atoms with Crippen LogP contribution >= 0.6 is 11.5 Å². The van der Waals surface area contributed by atoms with Crippen LogP contribution in [-0.4, -0.2) is 9.59 Å². The minimum Gasteiger partial charge on any atom is -0.143 e. The molecule has 0 aromatic carbocycles. The van der Waals surface area contributed by atoms with Crippen molar-refractivity contribution in [3.8, 4) is 0 Å². The number of nitrogens with zero attached hydrogens (tertiary/aromatic N) is 2. The Bertz CT molecular complexity index is 136. The van der Waals surface area contributed by atoms with Crippen LogP contribution in [-0.2, 0) is 6.42 Å². The van der Waals surface area contributed by atoms with Gasteiger partial charge in [-0.15, -0.1) is 5.10 Å². The Morgan fingerprint density at radius 2 is 2.62 bits per heavy atom. The van der Waals surface area contributed by atoms with Gasteiger partial charge in [-0.1, -0.05) is 11.4 Å². The summed E-state index contributed by atoms with van der Waals surface area (Å²) in [6.07, 6.45) is 1.86. The Balaban J connectivity index is 2.50. The Kier molecular flexibility index (Phi) is 1.97. The van der Waals surface area contributed by atoms with Crippen molar-refractivity contribution in [2.75, 3.05) is 0 Å². The molecule has 0 bridgehead atoms. The highest BCUT2D eigenvalue weighted by molar-refractivity contribution is 7.03. The maximum atomic E-state index is 3.83. The minimum absolute atomic E-state index is 0.908. The average molecular weight is 127 g/mol. The Morgan fingerprint density at radius 3 is 3.12 bits per heavy atom. The van der Waals surface area contributed by atoms with Crippen molar-refractivity contribution in [2.24, 2.45) is 0 Å². The molecular formula is C5H7N2S. The highest BCUT2D eigenvalue weighted by atomic mass is 32.1. The first kappa shape index (κ1) is 5.69. The maximum absolute atomic E-state index is 3.83. The van der Waals surface area contributed by atoms with Crippen LogP contribution < -0.4 is 0 Å². The summed E-state index contributed by atoms with van der Waals surface area (Å²) >= 11 is 1.39. The predicted octanol–water partition coefficient (Wildman–Crippen LogP) is 1.30.